The molecule has 0 aliphatic carbocycles. The summed E-state index contributed by atoms with van der Waals surface area (Å²) in [4.78, 5) is 52.0. The Hall–Kier alpha value is -9.36. The fourth-order valence-electron chi connectivity index (χ4n) is 9.59. The van der Waals surface area contributed by atoms with Gasteiger partial charge in [-0.05, 0) is 26.0 Å². The summed E-state index contributed by atoms with van der Waals surface area (Å²) in [7, 11) is 0. The van der Waals surface area contributed by atoms with Gasteiger partial charge in [0.25, 0.3) is 0 Å². The third kappa shape index (κ3) is 10.6. The predicted molar refractivity (Wildman–Crippen MR) is 321 cm³/mol. The Kier molecular flexibility index (Phi) is 16.2. The number of ether oxygens (including phenoxy) is 2. The van der Waals surface area contributed by atoms with E-state index in [1.54, 1.807) is 26.0 Å². The number of rotatable bonds is 16. The topological polar surface area (TPSA) is 121 Å². The molecular weight excluding hydrogens is 986 g/mol. The Balaban J connectivity index is 1.36. The number of aliphatic imine (C=N–C) groups is 5. The fraction of sp³-hybridized carbons (Fsp3) is 0.136. The van der Waals surface area contributed by atoms with E-state index in [1.165, 1.54) is 0 Å². The summed E-state index contributed by atoms with van der Waals surface area (Å²) in [6, 6.07) is 72.8. The van der Waals surface area contributed by atoms with E-state index in [4.69, 9.17) is 14.5 Å². The number of guanidine groups is 1. The van der Waals surface area contributed by atoms with Crippen molar-refractivity contribution in [2.45, 2.75) is 48.5 Å². The molecule has 1 saturated heterocycles. The Morgan fingerprint density at radius 3 is 1.37 bits per heavy atom. The summed E-state index contributed by atoms with van der Waals surface area (Å²) < 4.78 is 16.1. The van der Waals surface area contributed by atoms with Gasteiger partial charge in [-0.15, -0.1) is 0 Å². The van der Waals surface area contributed by atoms with E-state index >= 15 is 0 Å². The van der Waals surface area contributed by atoms with Crippen LogP contribution in [0.4, 0.5) is 28.4 Å². The molecule has 0 saturated carbocycles. The quantitative estimate of drug-likeness (QED) is 0.0411. The van der Waals surface area contributed by atoms with Crippen LogP contribution in [0.3, 0.4) is 0 Å². The molecule has 0 amide bonds. The van der Waals surface area contributed by atoms with E-state index in [2.05, 4.69) is 151 Å². The van der Waals surface area contributed by atoms with Gasteiger partial charge in [-0.3, -0.25) is 0 Å². The maximum atomic E-state index is 14.7. The number of hydrogen-bond donors (Lipinski definition) is 0. The van der Waals surface area contributed by atoms with Crippen molar-refractivity contribution in [2.24, 2.45) is 25.0 Å². The molecule has 0 atom stereocenters. The van der Waals surface area contributed by atoms with Crippen molar-refractivity contribution in [3.63, 3.8) is 0 Å². The van der Waals surface area contributed by atoms with Crippen LogP contribution in [0.1, 0.15) is 52.8 Å². The van der Waals surface area contributed by atoms with E-state index in [0.717, 1.165) is 55.1 Å². The summed E-state index contributed by atoms with van der Waals surface area (Å²) in [6.07, 6.45) is 3.47. The molecule has 0 unspecified atom stereocenters. The molecule has 0 radical (unpaired) electrons. The van der Waals surface area contributed by atoms with Crippen molar-refractivity contribution in [1.29, 1.82) is 0 Å². The fourth-order valence-corrected chi connectivity index (χ4v) is 16.3. The zero-order valence-corrected chi connectivity index (χ0v) is 45.7. The first-order chi connectivity index (χ1) is 37.9. The van der Waals surface area contributed by atoms with E-state index in [9.17, 15) is 9.59 Å². The Morgan fingerprint density at radius 2 is 0.859 bits per heavy atom. The zero-order valence-electron chi connectivity index (χ0n) is 44.8. The van der Waals surface area contributed by atoms with Crippen LogP contribution >= 0.6 is 6.90 Å². The number of hydrogen-bond acceptors (Lipinski definition) is 9. The number of nitrogens with zero attached hydrogens (tertiary/aromatic N) is 7. The van der Waals surface area contributed by atoms with Crippen LogP contribution in [0.2, 0.25) is 0 Å². The van der Waals surface area contributed by atoms with Crippen molar-refractivity contribution >= 4 is 93.3 Å². The number of benzene rings is 8. The van der Waals surface area contributed by atoms with Crippen molar-refractivity contribution in [1.82, 2.24) is 0 Å². The molecule has 78 heavy (non-hydrogen) atoms. The molecule has 12 heteroatoms. The van der Waals surface area contributed by atoms with Gasteiger partial charge in [0.05, 0.1) is 0 Å². The number of aryl methyl sites for hydroxylation is 5. The van der Waals surface area contributed by atoms with Crippen LogP contribution in [-0.2, 0) is 19.1 Å². The monoisotopic (exact) mass is 1050 g/mol. The first kappa shape index (κ1) is 53.5. The van der Waals surface area contributed by atoms with Gasteiger partial charge in [-0.25, -0.2) is 0 Å². The summed E-state index contributed by atoms with van der Waals surface area (Å²) in [5.74, 6) is -0.806. The number of carbonyl (C=O) groups excluding carboxylic acids is 2. The molecule has 8 aromatic carbocycles. The molecule has 0 bridgehead atoms. The van der Waals surface area contributed by atoms with Crippen LogP contribution in [0, 0.1) is 34.6 Å². The molecule has 0 aromatic heterocycles. The van der Waals surface area contributed by atoms with Gasteiger partial charge >= 0.3 is 410 Å². The second kappa shape index (κ2) is 23.7. The Labute approximate surface area is 456 Å². The Morgan fingerprint density at radius 1 is 0.462 bits per heavy atom. The maximum absolute atomic E-state index is 14.7. The number of esters is 2. The second-order valence-corrected chi connectivity index (χ2v) is 23.2. The second-order valence-electron chi connectivity index (χ2n) is 18.8. The van der Waals surface area contributed by atoms with Gasteiger partial charge in [0, 0.05) is 0 Å². The van der Waals surface area contributed by atoms with Gasteiger partial charge in [0.2, 0.25) is 0 Å². The molecule has 1 aliphatic heterocycles. The average molecular weight is 1050 g/mol. The third-order valence-corrected chi connectivity index (χ3v) is 19.7. The molecule has 1 fully saturated rings. The van der Waals surface area contributed by atoms with Gasteiger partial charge in [0.15, 0.2) is 0 Å². The molecule has 0 spiro atoms. The predicted octanol–water partition coefficient (Wildman–Crippen LogP) is 14.4. The normalized spacial score (nSPS) is 14.6. The van der Waals surface area contributed by atoms with Crippen molar-refractivity contribution < 1.29 is 19.1 Å². The summed E-state index contributed by atoms with van der Waals surface area (Å²) >= 11 is 0. The van der Waals surface area contributed by atoms with Gasteiger partial charge < -0.3 is 0 Å². The molecular formula is C66H60N7O4P. The van der Waals surface area contributed by atoms with Crippen LogP contribution in [0.15, 0.2) is 237 Å². The molecule has 11 nitrogen and oxygen atoms in total. The van der Waals surface area contributed by atoms with Crippen LogP contribution in [0.25, 0.3) is 12.2 Å². The SMILES string of the molecule is CCOC(=O)/C(=C/c1cc(N2C(=N/C(=C\c3cc(N=C=Nc4ccc(C)cc4)ccc3C)C(=O)OCC)N(c3ccc(C)cc3)P2(c2ccccc2)(c2ccccc2)c2ccccc2)ccc1C)N=C=Nc1ccc(C)cc1. The van der Waals surface area contributed by atoms with E-state index in [-0.39, 0.29) is 24.6 Å². The molecule has 1 aliphatic rings. The van der Waals surface area contributed by atoms with Crippen molar-refractivity contribution in [2.75, 3.05) is 22.6 Å². The van der Waals surface area contributed by atoms with E-state index in [0.29, 0.717) is 34.1 Å². The van der Waals surface area contributed by atoms with Crippen LogP contribution in [0.5, 0.6) is 0 Å². The molecule has 9 rings (SSSR count). The standard InChI is InChI=1S/C66H60N7O4P/c1-8-76-64(74)62(70-46-68-55-35-27-48(4)28-36-55)43-53-42-58(40-32-51(53)7)73-66(71-63(65(75)77-9-2)44-52-41-56(37-31-50(52)6)69-45-67-54-33-25-47(3)26-34-54)72(57-38-29-49(5)30-39-57)78(73,59-19-13-10-14-20-59,60-21-15-11-16-22-60)61-23-17-12-18-24-61/h10-44H,8-9H2,1-7H3/b62-43-,63-44-,71-66?. The minimum absolute atomic E-state index is 0.00861. The first-order valence-electron chi connectivity index (χ1n) is 25.8. The first-order valence-corrected chi connectivity index (χ1v) is 28.0. The minimum atomic E-state index is -4.40. The molecule has 388 valence electrons. The zero-order chi connectivity index (χ0) is 54.7. The summed E-state index contributed by atoms with van der Waals surface area (Å²) in [5, 5.41) is 2.99. The van der Waals surface area contributed by atoms with Gasteiger partial charge in [-0.2, -0.15) is 0 Å². The van der Waals surface area contributed by atoms with Crippen LogP contribution in [-0.4, -0.2) is 43.1 Å². The van der Waals surface area contributed by atoms with Gasteiger partial charge in [0.1, 0.15) is 0 Å². The third-order valence-electron chi connectivity index (χ3n) is 13.5. The molecule has 0 N–H and O–H groups in total. The van der Waals surface area contributed by atoms with Gasteiger partial charge in [-0.1, -0.05) is 23.3 Å². The number of carbonyl (C=O) groups is 2. The van der Waals surface area contributed by atoms with E-state index in [1.807, 2.05) is 125 Å². The van der Waals surface area contributed by atoms with Crippen molar-refractivity contribution in [3.05, 3.63) is 251 Å². The number of anilines is 2. The Bertz CT molecular complexity index is 3620. The summed E-state index contributed by atoms with van der Waals surface area (Å²) in [6.45, 7) is 9.42. The summed E-state index contributed by atoms with van der Waals surface area (Å²) in [5.41, 5.74) is 9.96. The van der Waals surface area contributed by atoms with E-state index < -0.39 is 18.8 Å². The average Bonchev–Trinajstić information content (AvgIpc) is 1.24. The molecule has 1 heterocycles. The van der Waals surface area contributed by atoms with Crippen LogP contribution < -0.4 is 25.3 Å². The van der Waals surface area contributed by atoms with Crippen molar-refractivity contribution in [3.8, 4) is 0 Å². The molecule has 8 aromatic rings.